The minimum absolute atomic E-state index is 0.250. The second-order valence-electron chi connectivity index (χ2n) is 8.18. The Morgan fingerprint density at radius 1 is 1.17 bits per heavy atom. The van der Waals surface area contributed by atoms with Crippen LogP contribution in [0.5, 0.6) is 23.0 Å². The van der Waals surface area contributed by atoms with E-state index in [1.807, 2.05) is 24.9 Å². The number of hydrogen-bond donors (Lipinski definition) is 2. The highest BCUT2D eigenvalue weighted by molar-refractivity contribution is 7.80. The molecular weight excluding hydrogens is 478 g/mol. The average molecular weight is 503 g/mol. The van der Waals surface area contributed by atoms with Crippen molar-refractivity contribution in [2.24, 2.45) is 0 Å². The third-order valence-corrected chi connectivity index (χ3v) is 5.62. The Labute approximate surface area is 202 Å². The lowest BCUT2D eigenvalue weighted by molar-refractivity contribution is 0.0148. The highest BCUT2D eigenvalue weighted by Gasteiger charge is 2.35. The molecule has 2 heterocycles. The number of phenols is 2. The quantitative estimate of drug-likeness (QED) is 0.193. The number of rotatable bonds is 9. The van der Waals surface area contributed by atoms with Crippen LogP contribution in [0.2, 0.25) is 0 Å². The number of aromatic hydroxyl groups is 2. The zero-order chi connectivity index (χ0) is 25.2. The van der Waals surface area contributed by atoms with Gasteiger partial charge >= 0.3 is 0 Å². The first-order chi connectivity index (χ1) is 16.6. The number of likely N-dealkylation sites (N-methyl/N-ethyl adjacent to an activating group) is 1. The minimum Gasteiger partial charge on any atom is -0.716 e. The third-order valence-electron chi connectivity index (χ3n) is 5.28. The van der Waals surface area contributed by atoms with Crippen molar-refractivity contribution in [2.75, 3.05) is 20.6 Å². The zero-order valence-electron chi connectivity index (χ0n) is 18.9. The van der Waals surface area contributed by atoms with Gasteiger partial charge in [-0.2, -0.15) is 0 Å². The second-order valence-corrected chi connectivity index (χ2v) is 9.18. The Bertz CT molecular complexity index is 1340. The fraction of sp³-hybridized carbons (Fsp3) is 0.261. The Morgan fingerprint density at radius 3 is 2.66 bits per heavy atom. The summed E-state index contributed by atoms with van der Waals surface area (Å²) in [5.74, 6) is 0.310. The topological polar surface area (TPSA) is 146 Å². The van der Waals surface area contributed by atoms with E-state index in [1.165, 1.54) is 18.2 Å². The highest BCUT2D eigenvalue weighted by atomic mass is 32.3. The molecule has 2 unspecified atom stereocenters. The second kappa shape index (κ2) is 9.86. The van der Waals surface area contributed by atoms with Crippen LogP contribution in [-0.4, -0.2) is 64.6 Å². The van der Waals surface area contributed by atoms with Crippen molar-refractivity contribution in [1.82, 2.24) is 14.5 Å². The van der Waals surface area contributed by atoms with Crippen LogP contribution in [-0.2, 0) is 21.0 Å². The molecule has 0 fully saturated rings. The van der Waals surface area contributed by atoms with Crippen molar-refractivity contribution in [2.45, 2.75) is 18.8 Å². The molecule has 2 N–H and O–H groups in total. The van der Waals surface area contributed by atoms with E-state index in [2.05, 4.69) is 14.1 Å². The van der Waals surface area contributed by atoms with Gasteiger partial charge in [0.1, 0.15) is 12.3 Å². The maximum absolute atomic E-state index is 10.6. The summed E-state index contributed by atoms with van der Waals surface area (Å²) >= 11 is 0. The summed E-state index contributed by atoms with van der Waals surface area (Å²) < 4.78 is 49.8. The van der Waals surface area contributed by atoms with Crippen molar-refractivity contribution in [1.29, 1.82) is 0 Å². The van der Waals surface area contributed by atoms with E-state index in [1.54, 1.807) is 30.6 Å². The van der Waals surface area contributed by atoms with Crippen molar-refractivity contribution in [3.05, 3.63) is 72.0 Å². The summed E-state index contributed by atoms with van der Waals surface area (Å²) in [6, 6.07) is 8.80. The molecule has 12 heteroatoms. The number of nitrogens with zero attached hydrogens (tertiary/aromatic N) is 3. The molecule has 0 amide bonds. The van der Waals surface area contributed by atoms with Crippen LogP contribution < -0.4 is 9.47 Å². The third kappa shape index (κ3) is 6.04. The molecule has 1 aliphatic rings. The van der Waals surface area contributed by atoms with Crippen molar-refractivity contribution >= 4 is 16.5 Å². The number of phenolic OH excluding ortho intramolecular Hbond substituents is 2. The van der Waals surface area contributed by atoms with Crippen LogP contribution in [0.25, 0.3) is 6.08 Å². The van der Waals surface area contributed by atoms with Gasteiger partial charge in [-0.15, -0.1) is 0 Å². The van der Waals surface area contributed by atoms with Gasteiger partial charge in [0.25, 0.3) is 16.7 Å². The Morgan fingerprint density at radius 2 is 1.94 bits per heavy atom. The first-order valence-electron chi connectivity index (χ1n) is 10.6. The van der Waals surface area contributed by atoms with E-state index in [9.17, 15) is 23.2 Å². The molecule has 0 radical (unpaired) electrons. The number of ether oxygens (including phenoxy) is 2. The molecular formula is C23H24N3O8S-. The summed E-state index contributed by atoms with van der Waals surface area (Å²) in [6.45, 7) is 0.817. The fourth-order valence-electron chi connectivity index (χ4n) is 3.59. The molecule has 0 saturated carbocycles. The van der Waals surface area contributed by atoms with Crippen LogP contribution in [0.1, 0.15) is 22.9 Å². The summed E-state index contributed by atoms with van der Waals surface area (Å²) in [7, 11) is -0.887. The maximum atomic E-state index is 10.6. The molecule has 0 aliphatic carbocycles. The highest BCUT2D eigenvalue weighted by Crippen LogP contribution is 2.41. The lowest BCUT2D eigenvalue weighted by Crippen LogP contribution is -2.31. The molecule has 1 aromatic heterocycles. The number of fused-ring (bicyclic) bond motifs is 1. The number of aromatic nitrogens is 2. The lowest BCUT2D eigenvalue weighted by Gasteiger charge is -2.24. The van der Waals surface area contributed by atoms with E-state index in [0.29, 0.717) is 22.6 Å². The molecule has 2 atom stereocenters. The van der Waals surface area contributed by atoms with Gasteiger partial charge in [0.2, 0.25) is 0 Å². The Hall–Kier alpha value is -3.74. The number of hydrogen-bond acceptors (Lipinski definition) is 10. The lowest BCUT2D eigenvalue weighted by atomic mass is 10.1. The summed E-state index contributed by atoms with van der Waals surface area (Å²) in [5.41, 5.74) is 2.00. The van der Waals surface area contributed by atoms with Crippen LogP contribution in [0.15, 0.2) is 55.2 Å². The predicted octanol–water partition coefficient (Wildman–Crippen LogP) is 2.23. The Balaban J connectivity index is 1.61. The van der Waals surface area contributed by atoms with Crippen LogP contribution >= 0.6 is 0 Å². The summed E-state index contributed by atoms with van der Waals surface area (Å²) in [5, 5.41) is 19.9. The van der Waals surface area contributed by atoms with Crippen LogP contribution in [0.4, 0.5) is 0 Å². The summed E-state index contributed by atoms with van der Waals surface area (Å²) in [6.07, 6.45) is 5.50. The van der Waals surface area contributed by atoms with Crippen molar-refractivity contribution in [3.63, 3.8) is 0 Å². The van der Waals surface area contributed by atoms with E-state index >= 15 is 0 Å². The fourth-order valence-corrected chi connectivity index (χ4v) is 3.78. The van der Waals surface area contributed by atoms with E-state index in [4.69, 9.17) is 9.47 Å². The summed E-state index contributed by atoms with van der Waals surface area (Å²) in [4.78, 5) is 6.53. The minimum atomic E-state index is -4.84. The van der Waals surface area contributed by atoms with Gasteiger partial charge in [0.15, 0.2) is 23.0 Å². The molecule has 3 aromatic rings. The van der Waals surface area contributed by atoms with Crippen LogP contribution in [0.3, 0.4) is 0 Å². The molecule has 0 spiro atoms. The van der Waals surface area contributed by atoms with Gasteiger partial charge in [-0.3, -0.25) is 0 Å². The Kier molecular flexibility index (Phi) is 6.87. The van der Waals surface area contributed by atoms with Gasteiger partial charge in [-0.1, -0.05) is 12.1 Å². The smallest absolute Gasteiger partial charge is 0.266 e. The zero-order valence-corrected chi connectivity index (χ0v) is 19.8. The van der Waals surface area contributed by atoms with Gasteiger partial charge in [-0.25, -0.2) is 13.4 Å². The first kappa shape index (κ1) is 24.4. The van der Waals surface area contributed by atoms with E-state index in [-0.39, 0.29) is 11.5 Å². The van der Waals surface area contributed by atoms with Gasteiger partial charge in [0, 0.05) is 19.2 Å². The van der Waals surface area contributed by atoms with Crippen molar-refractivity contribution in [3.8, 4) is 23.0 Å². The number of benzene rings is 2. The predicted molar refractivity (Wildman–Crippen MR) is 124 cm³/mol. The maximum Gasteiger partial charge on any atom is 0.266 e. The molecule has 186 valence electrons. The average Bonchev–Trinajstić information content (AvgIpc) is 3.41. The van der Waals surface area contributed by atoms with E-state index in [0.717, 1.165) is 24.9 Å². The SMILES string of the molecule is CN(C)CCc1cn(C(c2ccc(O)c(O)c2)C2Oc3ccc(/C=C/OS(=O)(=O)[O-])cc3O2)cn1. The molecule has 1 aliphatic heterocycles. The molecule has 0 bridgehead atoms. The van der Waals surface area contributed by atoms with E-state index < -0.39 is 22.7 Å². The van der Waals surface area contributed by atoms with Gasteiger partial charge in [-0.05, 0) is 55.6 Å². The van der Waals surface area contributed by atoms with Crippen molar-refractivity contribution < 1.29 is 36.8 Å². The standard InChI is InChI=1S/C23H25N3O8S/c1-25(2)9-7-17-13-26(14-24-17)22(16-4-5-18(27)19(28)12-16)23-33-20-6-3-15(11-21(20)34-23)8-10-32-35(29,30)31/h3-6,8,10-14,22-23,27-28H,7,9H2,1-2H3,(H,29,30,31)/p-1/b10-8+. The normalized spacial score (nSPS) is 16.2. The monoisotopic (exact) mass is 502 g/mol. The molecule has 4 rings (SSSR count). The first-order valence-corrected chi connectivity index (χ1v) is 11.9. The largest absolute Gasteiger partial charge is 0.716 e. The molecule has 0 saturated heterocycles. The van der Waals surface area contributed by atoms with Gasteiger partial charge < -0.3 is 37.9 Å². The number of imidazole rings is 1. The molecule has 2 aromatic carbocycles. The van der Waals surface area contributed by atoms with Gasteiger partial charge in [0.05, 0.1) is 12.0 Å². The molecule has 35 heavy (non-hydrogen) atoms. The molecule has 11 nitrogen and oxygen atoms in total. The van der Waals surface area contributed by atoms with Crippen LogP contribution in [0, 0.1) is 0 Å².